The van der Waals surface area contributed by atoms with Crippen LogP contribution in [0.1, 0.15) is 10.4 Å². The standard InChI is InChI=1S/C7H9N3O4/c1-10-3-4(7(14)9-10)6(13)8-2-5(11)12/h3H,2H2,1H3,(H,8,13)(H,9,14)(H,11,12). The summed E-state index contributed by atoms with van der Waals surface area (Å²) in [6.07, 6.45) is 1.29. The van der Waals surface area contributed by atoms with Crippen LogP contribution in [0.2, 0.25) is 0 Å². The summed E-state index contributed by atoms with van der Waals surface area (Å²) in [5.41, 5.74) is -0.649. The molecular weight excluding hydrogens is 190 g/mol. The van der Waals surface area contributed by atoms with E-state index in [2.05, 4.69) is 10.4 Å². The number of amides is 1. The molecular formula is C7H9N3O4. The van der Waals surface area contributed by atoms with Crippen LogP contribution in [0.25, 0.3) is 0 Å². The van der Waals surface area contributed by atoms with Gasteiger partial charge in [-0.2, -0.15) is 0 Å². The third-order valence-electron chi connectivity index (χ3n) is 1.49. The Morgan fingerprint density at radius 2 is 2.29 bits per heavy atom. The molecule has 0 aliphatic rings. The van der Waals surface area contributed by atoms with Crippen molar-refractivity contribution in [2.24, 2.45) is 7.05 Å². The second-order valence-corrected chi connectivity index (χ2v) is 2.67. The van der Waals surface area contributed by atoms with Gasteiger partial charge in [-0.15, -0.1) is 0 Å². The third-order valence-corrected chi connectivity index (χ3v) is 1.49. The fourth-order valence-electron chi connectivity index (χ4n) is 0.918. The van der Waals surface area contributed by atoms with Crippen molar-refractivity contribution in [2.45, 2.75) is 0 Å². The molecule has 0 radical (unpaired) electrons. The number of nitrogens with zero attached hydrogens (tertiary/aromatic N) is 1. The maximum Gasteiger partial charge on any atom is 0.322 e. The fourth-order valence-corrected chi connectivity index (χ4v) is 0.918. The van der Waals surface area contributed by atoms with Gasteiger partial charge in [0.2, 0.25) is 0 Å². The predicted molar refractivity (Wildman–Crippen MR) is 46.0 cm³/mol. The summed E-state index contributed by atoms with van der Waals surface area (Å²) in [6, 6.07) is 0. The first-order valence-corrected chi connectivity index (χ1v) is 3.76. The molecule has 1 rings (SSSR count). The Bertz CT molecular complexity index is 417. The maximum absolute atomic E-state index is 11.2. The largest absolute Gasteiger partial charge is 0.480 e. The molecule has 1 heterocycles. The second-order valence-electron chi connectivity index (χ2n) is 2.67. The molecule has 0 fully saturated rings. The SMILES string of the molecule is Cn1cc(C(=O)NCC(=O)O)c(=O)[nH]1. The van der Waals surface area contributed by atoms with Crippen LogP contribution >= 0.6 is 0 Å². The Balaban J connectivity index is 2.75. The quantitative estimate of drug-likeness (QED) is 0.552. The average molecular weight is 199 g/mol. The van der Waals surface area contributed by atoms with Gasteiger partial charge >= 0.3 is 5.97 Å². The minimum atomic E-state index is -1.16. The minimum Gasteiger partial charge on any atom is -0.480 e. The Labute approximate surface area is 78.3 Å². The molecule has 1 aromatic rings. The number of nitrogens with one attached hydrogen (secondary N) is 2. The molecule has 0 bridgehead atoms. The van der Waals surface area contributed by atoms with Crippen molar-refractivity contribution in [3.63, 3.8) is 0 Å². The van der Waals surface area contributed by atoms with Gasteiger partial charge in [-0.1, -0.05) is 0 Å². The van der Waals surface area contributed by atoms with E-state index in [4.69, 9.17) is 5.11 Å². The Hall–Kier alpha value is -2.05. The van der Waals surface area contributed by atoms with Gasteiger partial charge < -0.3 is 10.4 Å². The predicted octanol–water partition coefficient (Wildman–Crippen LogP) is -1.47. The number of carboxylic acid groups (broad SMARTS) is 1. The van der Waals surface area contributed by atoms with Crippen LogP contribution in [-0.2, 0) is 11.8 Å². The topological polar surface area (TPSA) is 104 Å². The Kier molecular flexibility index (Phi) is 2.70. The number of hydrogen-bond donors (Lipinski definition) is 3. The van der Waals surface area contributed by atoms with E-state index >= 15 is 0 Å². The monoisotopic (exact) mass is 199 g/mol. The molecule has 7 heteroatoms. The smallest absolute Gasteiger partial charge is 0.322 e. The number of carbonyl (C=O) groups excluding carboxylic acids is 1. The number of aromatic nitrogens is 2. The summed E-state index contributed by atoms with van der Waals surface area (Å²) < 4.78 is 1.32. The van der Waals surface area contributed by atoms with Crippen molar-refractivity contribution in [3.05, 3.63) is 22.1 Å². The van der Waals surface area contributed by atoms with Crippen molar-refractivity contribution in [3.8, 4) is 0 Å². The van der Waals surface area contributed by atoms with E-state index in [1.54, 1.807) is 7.05 Å². The first-order valence-electron chi connectivity index (χ1n) is 3.76. The van der Waals surface area contributed by atoms with Crippen LogP contribution in [0.4, 0.5) is 0 Å². The number of hydrogen-bond acceptors (Lipinski definition) is 3. The second kappa shape index (κ2) is 3.77. The first kappa shape index (κ1) is 10.0. The normalized spacial score (nSPS) is 9.79. The zero-order chi connectivity index (χ0) is 10.7. The molecule has 0 saturated heterocycles. The summed E-state index contributed by atoms with van der Waals surface area (Å²) in [5.74, 6) is -1.86. The molecule has 0 aromatic carbocycles. The highest BCUT2D eigenvalue weighted by molar-refractivity contribution is 5.95. The van der Waals surface area contributed by atoms with E-state index in [1.165, 1.54) is 10.9 Å². The molecule has 1 amide bonds. The summed E-state index contributed by atoms with van der Waals surface area (Å²) in [6.45, 7) is -0.507. The molecule has 0 unspecified atom stereocenters. The number of aromatic amines is 1. The maximum atomic E-state index is 11.2. The Morgan fingerprint density at radius 3 is 2.71 bits per heavy atom. The lowest BCUT2D eigenvalue weighted by Gasteiger charge is -1.96. The summed E-state index contributed by atoms with van der Waals surface area (Å²) >= 11 is 0. The molecule has 0 aliphatic carbocycles. The van der Waals surface area contributed by atoms with Gasteiger partial charge in [0.05, 0.1) is 0 Å². The molecule has 3 N–H and O–H groups in total. The lowest BCUT2D eigenvalue weighted by atomic mass is 10.3. The van der Waals surface area contributed by atoms with Crippen molar-refractivity contribution < 1.29 is 14.7 Å². The zero-order valence-electron chi connectivity index (χ0n) is 7.40. The van der Waals surface area contributed by atoms with E-state index in [1.807, 2.05) is 0 Å². The van der Waals surface area contributed by atoms with Crippen LogP contribution in [0.15, 0.2) is 11.0 Å². The highest BCUT2D eigenvalue weighted by Crippen LogP contribution is 1.88. The molecule has 7 nitrogen and oxygen atoms in total. The fraction of sp³-hybridized carbons (Fsp3) is 0.286. The number of H-pyrrole nitrogens is 1. The lowest BCUT2D eigenvalue weighted by Crippen LogP contribution is -2.31. The first-order chi connectivity index (χ1) is 6.50. The van der Waals surface area contributed by atoms with Crippen LogP contribution in [-0.4, -0.2) is 33.3 Å². The average Bonchev–Trinajstić information content (AvgIpc) is 2.41. The molecule has 0 aliphatic heterocycles. The highest BCUT2D eigenvalue weighted by Gasteiger charge is 2.12. The van der Waals surface area contributed by atoms with E-state index in [0.29, 0.717) is 0 Å². The number of rotatable bonds is 3. The van der Waals surface area contributed by atoms with Gasteiger partial charge in [0.25, 0.3) is 11.5 Å². The van der Waals surface area contributed by atoms with Gasteiger partial charge in [-0.3, -0.25) is 24.2 Å². The third kappa shape index (κ3) is 2.22. The lowest BCUT2D eigenvalue weighted by molar-refractivity contribution is -0.135. The van der Waals surface area contributed by atoms with Crippen LogP contribution in [0.5, 0.6) is 0 Å². The van der Waals surface area contributed by atoms with E-state index in [0.717, 1.165) is 0 Å². The van der Waals surface area contributed by atoms with Crippen molar-refractivity contribution in [1.82, 2.24) is 15.1 Å². The number of aliphatic carboxylic acids is 1. The molecule has 76 valence electrons. The Morgan fingerprint density at radius 1 is 1.64 bits per heavy atom. The van der Waals surface area contributed by atoms with Gasteiger partial charge in [-0.25, -0.2) is 0 Å². The van der Waals surface area contributed by atoms with Crippen molar-refractivity contribution in [2.75, 3.05) is 6.54 Å². The van der Waals surface area contributed by atoms with E-state index < -0.39 is 24.0 Å². The number of carbonyl (C=O) groups is 2. The molecule has 14 heavy (non-hydrogen) atoms. The van der Waals surface area contributed by atoms with E-state index in [-0.39, 0.29) is 5.56 Å². The van der Waals surface area contributed by atoms with Crippen LogP contribution < -0.4 is 10.9 Å². The van der Waals surface area contributed by atoms with Gasteiger partial charge in [0.15, 0.2) is 0 Å². The minimum absolute atomic E-state index is 0.103. The molecule has 0 saturated carbocycles. The summed E-state index contributed by atoms with van der Waals surface area (Å²) in [7, 11) is 1.55. The zero-order valence-corrected chi connectivity index (χ0v) is 7.40. The summed E-state index contributed by atoms with van der Waals surface area (Å²) in [4.78, 5) is 32.3. The molecule has 0 spiro atoms. The van der Waals surface area contributed by atoms with Gasteiger partial charge in [0.1, 0.15) is 12.1 Å². The van der Waals surface area contributed by atoms with Crippen molar-refractivity contribution in [1.29, 1.82) is 0 Å². The van der Waals surface area contributed by atoms with Crippen LogP contribution in [0, 0.1) is 0 Å². The van der Waals surface area contributed by atoms with Gasteiger partial charge in [0, 0.05) is 13.2 Å². The van der Waals surface area contributed by atoms with E-state index in [9.17, 15) is 14.4 Å². The summed E-state index contributed by atoms with van der Waals surface area (Å²) in [5, 5.41) is 12.7. The van der Waals surface area contributed by atoms with Gasteiger partial charge in [-0.05, 0) is 0 Å². The highest BCUT2D eigenvalue weighted by atomic mass is 16.4. The molecule has 1 aromatic heterocycles. The van der Waals surface area contributed by atoms with Crippen LogP contribution in [0.3, 0.4) is 0 Å². The molecule has 0 atom stereocenters. The number of carboxylic acids is 1. The van der Waals surface area contributed by atoms with Crippen molar-refractivity contribution >= 4 is 11.9 Å². The number of aryl methyl sites for hydroxylation is 1.